The van der Waals surface area contributed by atoms with Gasteiger partial charge in [0.2, 0.25) is 0 Å². The number of para-hydroxylation sites is 6. The number of aromatic nitrogens is 3. The van der Waals surface area contributed by atoms with Crippen LogP contribution < -0.4 is 4.90 Å². The van der Waals surface area contributed by atoms with E-state index in [1.54, 1.807) is 0 Å². The molecule has 8 aromatic heterocycles. The fourth-order valence-electron chi connectivity index (χ4n) is 21.5. The monoisotopic (exact) mass is 1790 g/mol. The molecule has 0 aliphatic carbocycles. The van der Waals surface area contributed by atoms with Gasteiger partial charge in [-0.3, -0.25) is 0 Å². The number of furan rings is 1. The molecule has 0 fully saturated rings. The highest BCUT2D eigenvalue weighted by atomic mass is 32.1. The number of benzene rings is 22. The summed E-state index contributed by atoms with van der Waals surface area (Å²) in [6, 6.07) is 162. The minimum Gasteiger partial charge on any atom is -0.456 e. The first-order chi connectivity index (χ1) is 66.9. The van der Waals surface area contributed by atoms with Gasteiger partial charge in [-0.05, 0) is 264 Å². The van der Waals surface area contributed by atoms with E-state index in [1.165, 1.54) is 228 Å². The van der Waals surface area contributed by atoms with Crippen molar-refractivity contribution in [1.29, 1.82) is 0 Å². The molecule has 0 bridgehead atoms. The molecule has 0 N–H and O–H groups in total. The van der Waals surface area contributed by atoms with Gasteiger partial charge in [0.25, 0.3) is 0 Å². The van der Waals surface area contributed by atoms with Crippen LogP contribution in [0, 0.1) is 0 Å². The van der Waals surface area contributed by atoms with Gasteiger partial charge >= 0.3 is 0 Å². The molecule has 0 unspecified atom stereocenters. The molecule has 9 heteroatoms. The lowest BCUT2D eigenvalue weighted by molar-refractivity contribution is 0.669. The van der Waals surface area contributed by atoms with Crippen molar-refractivity contribution in [3.05, 3.63) is 461 Å². The van der Waals surface area contributed by atoms with E-state index >= 15 is 0 Å². The van der Waals surface area contributed by atoms with Crippen LogP contribution in [0.25, 0.3) is 250 Å². The molecular weight excluding hydrogens is 1710 g/mol. The van der Waals surface area contributed by atoms with Gasteiger partial charge in [0, 0.05) is 182 Å². The van der Waals surface area contributed by atoms with Gasteiger partial charge in [-0.15, -0.1) is 45.3 Å². The Bertz CT molecular complexity index is 10000. The van der Waals surface area contributed by atoms with Crippen molar-refractivity contribution in [2.75, 3.05) is 4.90 Å². The number of rotatable bonds is 9. The van der Waals surface area contributed by atoms with E-state index in [-0.39, 0.29) is 0 Å². The SMILES string of the molecule is c1ccc(-n2ccc3cc4cc(-c5ccc6oc7ccccc7c6c5)c5ccc6c7ccccc7sc6c5c4cc32)cc1.c1ccc(-n2ccc3cc4cc(-c5cccc6c5sc5ccccc56)c5ccc6c7ccccc7sc6c5c4cc32)cc1.c1ccc(N(c2ccccc2)c2ccc(-c3cc4cc5ccn(-c6ccccc6)c5cc4c4c3ccc3c5ccccc5sc34)cc2)cc1. The van der Waals surface area contributed by atoms with Crippen LogP contribution in [0.3, 0.4) is 0 Å². The maximum absolute atomic E-state index is 6.18. The molecule has 0 radical (unpaired) electrons. The number of thiophene rings is 4. The van der Waals surface area contributed by atoms with Gasteiger partial charge in [-0.2, -0.15) is 0 Å². The summed E-state index contributed by atoms with van der Waals surface area (Å²) >= 11 is 7.64. The number of anilines is 3. The predicted molar refractivity (Wildman–Crippen MR) is 585 cm³/mol. The van der Waals surface area contributed by atoms with E-state index in [2.05, 4.69) is 468 Å². The van der Waals surface area contributed by atoms with Crippen molar-refractivity contribution < 1.29 is 4.42 Å². The van der Waals surface area contributed by atoms with Crippen LogP contribution in [0.1, 0.15) is 0 Å². The minimum atomic E-state index is 0.922. The second-order valence-corrected chi connectivity index (χ2v) is 39.5. The molecule has 30 rings (SSSR count). The van der Waals surface area contributed by atoms with Crippen molar-refractivity contribution in [2.24, 2.45) is 0 Å². The van der Waals surface area contributed by atoms with Gasteiger partial charge in [0.15, 0.2) is 0 Å². The summed E-state index contributed by atoms with van der Waals surface area (Å²) in [5.41, 5.74) is 20.0. The van der Waals surface area contributed by atoms with Gasteiger partial charge in [0.1, 0.15) is 11.2 Å². The van der Waals surface area contributed by atoms with Crippen LogP contribution in [-0.4, -0.2) is 13.7 Å². The zero-order chi connectivity index (χ0) is 88.5. The highest BCUT2D eigenvalue weighted by Crippen LogP contribution is 2.53. The smallest absolute Gasteiger partial charge is 0.135 e. The van der Waals surface area contributed by atoms with E-state index in [0.717, 1.165) is 39.0 Å². The zero-order valence-electron chi connectivity index (χ0n) is 72.7. The summed E-state index contributed by atoms with van der Waals surface area (Å²) in [4.78, 5) is 2.32. The maximum Gasteiger partial charge on any atom is 0.135 e. The van der Waals surface area contributed by atoms with Crippen LogP contribution in [0.15, 0.2) is 466 Å². The van der Waals surface area contributed by atoms with Crippen LogP contribution >= 0.6 is 45.3 Å². The fraction of sp³-hybridized carbons (Fsp3) is 0. The van der Waals surface area contributed by atoms with E-state index in [1.807, 2.05) is 57.5 Å². The predicted octanol–water partition coefficient (Wildman–Crippen LogP) is 37.7. The first-order valence-corrected chi connectivity index (χ1v) is 49.1. The molecular formula is C126H76N4OS4. The topological polar surface area (TPSA) is 31.2 Å². The Morgan fingerprint density at radius 3 is 0.948 bits per heavy atom. The highest BCUT2D eigenvalue weighted by Gasteiger charge is 2.25. The first kappa shape index (κ1) is 77.3. The van der Waals surface area contributed by atoms with Gasteiger partial charge in [0.05, 0.1) is 16.6 Å². The molecule has 0 saturated carbocycles. The number of nitrogens with zero attached hydrogens (tertiary/aromatic N) is 4. The first-order valence-electron chi connectivity index (χ1n) is 45.9. The molecule has 0 spiro atoms. The second kappa shape index (κ2) is 31.1. The number of fused-ring (bicyclic) bond motifs is 30. The molecule has 0 amide bonds. The summed E-state index contributed by atoms with van der Waals surface area (Å²) in [6.07, 6.45) is 6.59. The summed E-state index contributed by atoms with van der Waals surface area (Å²) in [7, 11) is 0. The Kier molecular flexibility index (Phi) is 17.8. The number of hydrogen-bond donors (Lipinski definition) is 0. The third-order valence-electron chi connectivity index (χ3n) is 27.8. The van der Waals surface area contributed by atoms with Crippen LogP contribution in [-0.2, 0) is 0 Å². The molecule has 30 aromatic rings. The molecule has 8 heterocycles. The van der Waals surface area contributed by atoms with Crippen LogP contribution in [0.2, 0.25) is 0 Å². The Hall–Kier alpha value is -16.5. The Morgan fingerprint density at radius 1 is 0.185 bits per heavy atom. The van der Waals surface area contributed by atoms with Crippen molar-refractivity contribution in [3.8, 4) is 50.4 Å². The largest absolute Gasteiger partial charge is 0.456 e. The Morgan fingerprint density at radius 2 is 0.511 bits per heavy atom. The molecule has 0 atom stereocenters. The summed E-state index contributed by atoms with van der Waals surface area (Å²) < 4.78 is 23.8. The fourth-order valence-corrected chi connectivity index (χ4v) is 26.6. The molecule has 135 heavy (non-hydrogen) atoms. The van der Waals surface area contributed by atoms with E-state index in [4.69, 9.17) is 4.42 Å². The average molecular weight is 1790 g/mol. The molecule has 0 aliphatic heterocycles. The zero-order valence-corrected chi connectivity index (χ0v) is 76.0. The molecule has 5 nitrogen and oxygen atoms in total. The standard InChI is InChI=1S/C46H30N2S.C40H23NOS.C40H23NS2/c1-4-12-34(13-5-1)47-27-26-32-28-33-29-41(31-20-22-37(23-21-31)48(35-14-6-2-7-15-35)36-16-8-3-9-17-36)39-24-25-40-38-18-10-11-19-44(38)49-46(40)45(39)42(33)30-43(32)47;1-2-8-27(9-3-1)41-19-18-25-20-26-22-32(24-14-17-37-34(21-24)28-10-4-6-12-36(28)42-37)30-15-16-31-29-11-5-7-13-38(29)43-40(31)39(30)33(26)23-35(25)41;1-2-9-26(10-3-1)41-20-19-24-21-25-22-34(31-14-8-13-30-27-11-4-6-15-36(27)42-39(30)31)29-17-18-32-28-12-5-7-16-37(28)43-40(32)38(29)33(25)23-35(24)41/h1-30H;2*1-23H. The molecule has 0 aliphatic rings. The van der Waals surface area contributed by atoms with Crippen LogP contribution in [0.5, 0.6) is 0 Å². The number of hydrogen-bond acceptors (Lipinski definition) is 6. The molecule has 630 valence electrons. The van der Waals surface area contributed by atoms with Gasteiger partial charge in [-0.25, -0.2) is 0 Å². The maximum atomic E-state index is 6.18. The summed E-state index contributed by atoms with van der Waals surface area (Å²) in [5.74, 6) is 0. The lowest BCUT2D eigenvalue weighted by atomic mass is 9.91. The summed E-state index contributed by atoms with van der Waals surface area (Å²) in [5, 5.41) is 32.2. The van der Waals surface area contributed by atoms with Crippen molar-refractivity contribution >= 4 is 262 Å². The molecule has 0 saturated heterocycles. The van der Waals surface area contributed by atoms with E-state index < -0.39 is 0 Å². The normalized spacial score (nSPS) is 12.0. The van der Waals surface area contributed by atoms with Crippen molar-refractivity contribution in [3.63, 3.8) is 0 Å². The lowest BCUT2D eigenvalue weighted by Crippen LogP contribution is -2.09. The van der Waals surface area contributed by atoms with Crippen molar-refractivity contribution in [1.82, 2.24) is 13.7 Å². The third-order valence-corrected chi connectivity index (χ3v) is 32.6. The second-order valence-electron chi connectivity index (χ2n) is 35.3. The van der Waals surface area contributed by atoms with E-state index in [0.29, 0.717) is 0 Å². The van der Waals surface area contributed by atoms with E-state index in [9.17, 15) is 0 Å². The van der Waals surface area contributed by atoms with Gasteiger partial charge in [-0.1, -0.05) is 255 Å². The lowest BCUT2D eigenvalue weighted by Gasteiger charge is -2.25. The third kappa shape index (κ3) is 12.5. The molecule has 22 aromatic carbocycles. The van der Waals surface area contributed by atoms with Gasteiger partial charge < -0.3 is 23.0 Å². The Labute approximate surface area is 790 Å². The summed E-state index contributed by atoms with van der Waals surface area (Å²) in [6.45, 7) is 0. The quantitative estimate of drug-likeness (QED) is 0.135. The van der Waals surface area contributed by atoms with Crippen LogP contribution in [0.4, 0.5) is 17.1 Å². The minimum absolute atomic E-state index is 0.922. The average Bonchev–Trinajstić information content (AvgIpc) is 1.69. The Balaban J connectivity index is 0.000000101. The highest BCUT2D eigenvalue weighted by molar-refractivity contribution is 7.28. The van der Waals surface area contributed by atoms with Crippen molar-refractivity contribution in [2.45, 2.75) is 0 Å².